The van der Waals surface area contributed by atoms with E-state index in [2.05, 4.69) is 34.7 Å². The summed E-state index contributed by atoms with van der Waals surface area (Å²) in [5, 5.41) is 3.00. The number of benzene rings is 1. The fraction of sp³-hybridized carbons (Fsp3) is 0.455. The van der Waals surface area contributed by atoms with Gasteiger partial charge in [0.2, 0.25) is 0 Å². The molecule has 30 heavy (non-hydrogen) atoms. The van der Waals surface area contributed by atoms with Gasteiger partial charge in [0.05, 0.1) is 11.4 Å². The summed E-state index contributed by atoms with van der Waals surface area (Å²) < 4.78 is 15.6. The SMILES string of the molecule is CCCCNC(=O)N1CCN(Cc2c(-c3ccc(F)cc3)nc3sc(C)cn23)CC1. The fourth-order valence-corrected chi connectivity index (χ4v) is 4.64. The van der Waals surface area contributed by atoms with Crippen molar-refractivity contribution in [3.8, 4) is 11.3 Å². The second-order valence-electron chi connectivity index (χ2n) is 7.76. The zero-order chi connectivity index (χ0) is 21.1. The van der Waals surface area contributed by atoms with E-state index in [-0.39, 0.29) is 11.8 Å². The summed E-state index contributed by atoms with van der Waals surface area (Å²) in [6, 6.07) is 6.57. The van der Waals surface area contributed by atoms with Crippen molar-refractivity contribution < 1.29 is 9.18 Å². The van der Waals surface area contributed by atoms with Crippen molar-refractivity contribution in [3.63, 3.8) is 0 Å². The largest absolute Gasteiger partial charge is 0.338 e. The molecule has 2 amide bonds. The second kappa shape index (κ2) is 9.14. The lowest BCUT2D eigenvalue weighted by atomic mass is 10.1. The fourth-order valence-electron chi connectivity index (χ4n) is 3.80. The van der Waals surface area contributed by atoms with Crippen LogP contribution in [0, 0.1) is 12.7 Å². The number of piperazine rings is 1. The molecule has 1 saturated heterocycles. The van der Waals surface area contributed by atoms with Gasteiger partial charge in [-0.25, -0.2) is 14.2 Å². The molecule has 0 atom stereocenters. The highest BCUT2D eigenvalue weighted by Crippen LogP contribution is 2.29. The molecule has 1 aromatic carbocycles. The second-order valence-corrected chi connectivity index (χ2v) is 8.97. The molecule has 0 radical (unpaired) electrons. The highest BCUT2D eigenvalue weighted by Gasteiger charge is 2.24. The molecule has 4 rings (SSSR count). The molecule has 0 unspecified atom stereocenters. The Balaban J connectivity index is 1.48. The Morgan fingerprint density at radius 1 is 1.20 bits per heavy atom. The Labute approximate surface area is 180 Å². The zero-order valence-corrected chi connectivity index (χ0v) is 18.3. The normalized spacial score (nSPS) is 15.1. The molecule has 8 heteroatoms. The number of carbonyl (C=O) groups excluding carboxylic acids is 1. The third-order valence-corrected chi connectivity index (χ3v) is 6.40. The molecular weight excluding hydrogens is 401 g/mol. The quantitative estimate of drug-likeness (QED) is 0.599. The van der Waals surface area contributed by atoms with Gasteiger partial charge in [-0.15, -0.1) is 11.3 Å². The lowest BCUT2D eigenvalue weighted by Crippen LogP contribution is -2.51. The molecule has 0 spiro atoms. The lowest BCUT2D eigenvalue weighted by molar-refractivity contribution is 0.134. The summed E-state index contributed by atoms with van der Waals surface area (Å²) in [5.41, 5.74) is 2.94. The summed E-state index contributed by atoms with van der Waals surface area (Å²) >= 11 is 1.66. The average Bonchev–Trinajstić information content (AvgIpc) is 3.26. The number of unbranched alkanes of at least 4 members (excludes halogenated alkanes) is 1. The third kappa shape index (κ3) is 4.49. The van der Waals surface area contributed by atoms with Crippen LogP contribution in [0.1, 0.15) is 30.3 Å². The molecule has 1 fully saturated rings. The highest BCUT2D eigenvalue weighted by atomic mass is 32.1. The molecule has 0 saturated carbocycles. The van der Waals surface area contributed by atoms with Crippen molar-refractivity contribution in [2.45, 2.75) is 33.2 Å². The van der Waals surface area contributed by atoms with Gasteiger partial charge in [-0.3, -0.25) is 9.30 Å². The van der Waals surface area contributed by atoms with Crippen LogP contribution in [0.25, 0.3) is 16.2 Å². The maximum absolute atomic E-state index is 13.4. The minimum absolute atomic E-state index is 0.0373. The lowest BCUT2D eigenvalue weighted by Gasteiger charge is -2.34. The minimum atomic E-state index is -0.245. The number of thiazole rings is 1. The summed E-state index contributed by atoms with van der Waals surface area (Å²) in [5.74, 6) is -0.245. The standard InChI is InChI=1S/C22H28FN5OS/c1-3-4-9-24-21(29)27-12-10-26(11-13-27)15-19-20(17-5-7-18(23)8-6-17)25-22-28(19)14-16(2)30-22/h5-8,14H,3-4,9-13,15H2,1-2H3,(H,24,29). The molecule has 3 aromatic rings. The van der Waals surface area contributed by atoms with Crippen LogP contribution < -0.4 is 5.32 Å². The number of aryl methyl sites for hydroxylation is 1. The van der Waals surface area contributed by atoms with Crippen molar-refractivity contribution >= 4 is 22.3 Å². The zero-order valence-electron chi connectivity index (χ0n) is 17.5. The van der Waals surface area contributed by atoms with Crippen molar-refractivity contribution in [1.29, 1.82) is 0 Å². The number of amides is 2. The number of fused-ring (bicyclic) bond motifs is 1. The van der Waals surface area contributed by atoms with E-state index in [9.17, 15) is 9.18 Å². The van der Waals surface area contributed by atoms with Crippen LogP contribution >= 0.6 is 11.3 Å². The number of nitrogens with zero attached hydrogens (tertiary/aromatic N) is 4. The monoisotopic (exact) mass is 429 g/mol. The van der Waals surface area contributed by atoms with E-state index in [1.54, 1.807) is 23.5 Å². The Bertz CT molecular complexity index is 1000. The van der Waals surface area contributed by atoms with Crippen LogP contribution in [-0.4, -0.2) is 57.9 Å². The Morgan fingerprint density at radius 3 is 2.63 bits per heavy atom. The van der Waals surface area contributed by atoms with Gasteiger partial charge in [-0.1, -0.05) is 13.3 Å². The number of imidazole rings is 1. The van der Waals surface area contributed by atoms with Crippen molar-refractivity contribution in [2.75, 3.05) is 32.7 Å². The van der Waals surface area contributed by atoms with E-state index in [0.29, 0.717) is 13.1 Å². The van der Waals surface area contributed by atoms with Gasteiger partial charge in [0.15, 0.2) is 4.96 Å². The number of halogens is 1. The third-order valence-electron chi connectivity index (χ3n) is 5.50. The van der Waals surface area contributed by atoms with E-state index in [1.807, 2.05) is 4.90 Å². The molecule has 0 bridgehead atoms. The van der Waals surface area contributed by atoms with Gasteiger partial charge in [0, 0.05) is 55.9 Å². The van der Waals surface area contributed by atoms with Crippen molar-refractivity contribution in [3.05, 3.63) is 46.9 Å². The molecule has 0 aliphatic carbocycles. The van der Waals surface area contributed by atoms with Crippen LogP contribution in [0.15, 0.2) is 30.5 Å². The van der Waals surface area contributed by atoms with Crippen LogP contribution in [0.4, 0.5) is 9.18 Å². The molecule has 6 nitrogen and oxygen atoms in total. The number of hydrogen-bond donors (Lipinski definition) is 1. The maximum atomic E-state index is 13.4. The number of aromatic nitrogens is 2. The van der Waals surface area contributed by atoms with Gasteiger partial charge >= 0.3 is 6.03 Å². The minimum Gasteiger partial charge on any atom is -0.338 e. The maximum Gasteiger partial charge on any atom is 0.317 e. The van der Waals surface area contributed by atoms with Crippen LogP contribution in [-0.2, 0) is 6.54 Å². The van der Waals surface area contributed by atoms with Gasteiger partial charge in [-0.05, 0) is 37.6 Å². The number of carbonyl (C=O) groups is 1. The van der Waals surface area contributed by atoms with Gasteiger partial charge in [-0.2, -0.15) is 0 Å². The topological polar surface area (TPSA) is 52.9 Å². The first kappa shape index (κ1) is 20.8. The van der Waals surface area contributed by atoms with E-state index in [4.69, 9.17) is 4.98 Å². The first-order valence-electron chi connectivity index (χ1n) is 10.5. The first-order chi connectivity index (χ1) is 14.5. The molecule has 1 N–H and O–H groups in total. The summed E-state index contributed by atoms with van der Waals surface area (Å²) in [4.78, 5) is 23.6. The number of nitrogens with one attached hydrogen (secondary N) is 1. The van der Waals surface area contributed by atoms with E-state index < -0.39 is 0 Å². The Kier molecular flexibility index (Phi) is 6.34. The molecule has 1 aliphatic rings. The average molecular weight is 430 g/mol. The first-order valence-corrected chi connectivity index (χ1v) is 11.3. The van der Waals surface area contributed by atoms with E-state index in [1.165, 1.54) is 17.0 Å². The van der Waals surface area contributed by atoms with Crippen LogP contribution in [0.2, 0.25) is 0 Å². The van der Waals surface area contributed by atoms with Crippen molar-refractivity contribution in [1.82, 2.24) is 24.5 Å². The number of urea groups is 1. The number of rotatable bonds is 6. The Morgan fingerprint density at radius 2 is 1.93 bits per heavy atom. The molecule has 160 valence electrons. The van der Waals surface area contributed by atoms with Gasteiger partial charge in [0.1, 0.15) is 5.82 Å². The molecule has 1 aliphatic heterocycles. The predicted molar refractivity (Wildman–Crippen MR) is 118 cm³/mol. The van der Waals surface area contributed by atoms with Gasteiger partial charge in [0.25, 0.3) is 0 Å². The Hall–Kier alpha value is -2.45. The molecule has 2 aromatic heterocycles. The summed E-state index contributed by atoms with van der Waals surface area (Å²) in [6.07, 6.45) is 4.20. The highest BCUT2D eigenvalue weighted by molar-refractivity contribution is 7.17. The molecule has 3 heterocycles. The van der Waals surface area contributed by atoms with E-state index in [0.717, 1.165) is 60.9 Å². The van der Waals surface area contributed by atoms with Crippen LogP contribution in [0.3, 0.4) is 0 Å². The van der Waals surface area contributed by atoms with Gasteiger partial charge < -0.3 is 10.2 Å². The number of hydrogen-bond acceptors (Lipinski definition) is 4. The van der Waals surface area contributed by atoms with E-state index >= 15 is 0 Å². The van der Waals surface area contributed by atoms with Crippen molar-refractivity contribution in [2.24, 2.45) is 0 Å². The van der Waals surface area contributed by atoms with Crippen LogP contribution in [0.5, 0.6) is 0 Å². The predicted octanol–water partition coefficient (Wildman–Crippen LogP) is 4.14. The summed E-state index contributed by atoms with van der Waals surface area (Å²) in [6.45, 7) is 8.76. The summed E-state index contributed by atoms with van der Waals surface area (Å²) in [7, 11) is 0. The smallest absolute Gasteiger partial charge is 0.317 e. The molecular formula is C22H28FN5OS.